The molecular formula is C13H26N2O4. The van der Waals surface area contributed by atoms with Gasteiger partial charge < -0.3 is 24.4 Å². The Balaban J connectivity index is 3.62. The smallest absolute Gasteiger partial charge is 0.225 e. The van der Waals surface area contributed by atoms with Gasteiger partial charge in [0.2, 0.25) is 5.91 Å². The molecule has 0 aromatic carbocycles. The number of carboxylic acid groups (broad SMARTS) is 1. The lowest BCUT2D eigenvalue weighted by atomic mass is 10.2. The van der Waals surface area contributed by atoms with E-state index in [9.17, 15) is 14.7 Å². The van der Waals surface area contributed by atoms with E-state index in [-0.39, 0.29) is 31.5 Å². The molecule has 0 aromatic heterocycles. The monoisotopic (exact) mass is 274 g/mol. The van der Waals surface area contributed by atoms with E-state index in [2.05, 4.69) is 26.5 Å². The van der Waals surface area contributed by atoms with Gasteiger partial charge in [-0.2, -0.15) is 0 Å². The average Bonchev–Trinajstić information content (AvgIpc) is 2.28. The van der Waals surface area contributed by atoms with Gasteiger partial charge in [0, 0.05) is 25.4 Å². The summed E-state index contributed by atoms with van der Waals surface area (Å²) in [7, 11) is 6.32. The van der Waals surface area contributed by atoms with E-state index in [0.717, 1.165) is 17.4 Å². The van der Waals surface area contributed by atoms with Gasteiger partial charge in [0.05, 0.1) is 46.8 Å². The van der Waals surface area contributed by atoms with Crippen LogP contribution in [-0.4, -0.2) is 63.8 Å². The maximum Gasteiger partial charge on any atom is 0.225 e. The number of nitrogens with one attached hydrogen (secondary N) is 1. The zero-order chi connectivity index (χ0) is 14.9. The van der Waals surface area contributed by atoms with Crippen molar-refractivity contribution in [3.05, 3.63) is 0 Å². The SMILES string of the molecule is CC(COCCC(=O)[O-])C(=O)NCCC[N+](C)(C)C. The van der Waals surface area contributed by atoms with Gasteiger partial charge in [-0.25, -0.2) is 0 Å². The second-order valence-electron chi connectivity index (χ2n) is 5.76. The summed E-state index contributed by atoms with van der Waals surface area (Å²) in [5, 5.41) is 13.0. The Labute approximate surface area is 115 Å². The summed E-state index contributed by atoms with van der Waals surface area (Å²) < 4.78 is 5.98. The number of carbonyl (C=O) groups is 2. The summed E-state index contributed by atoms with van der Waals surface area (Å²) in [5.41, 5.74) is 0. The highest BCUT2D eigenvalue weighted by atomic mass is 16.5. The zero-order valence-corrected chi connectivity index (χ0v) is 12.4. The van der Waals surface area contributed by atoms with E-state index >= 15 is 0 Å². The topological polar surface area (TPSA) is 78.5 Å². The lowest BCUT2D eigenvalue weighted by Crippen LogP contribution is -2.38. The van der Waals surface area contributed by atoms with E-state index in [1.807, 2.05) is 0 Å². The minimum absolute atomic E-state index is 0.0603. The van der Waals surface area contributed by atoms with Crippen molar-refractivity contribution < 1.29 is 23.9 Å². The normalized spacial score (nSPS) is 13.1. The van der Waals surface area contributed by atoms with E-state index < -0.39 is 5.97 Å². The van der Waals surface area contributed by atoms with Crippen LogP contribution in [0.25, 0.3) is 0 Å². The molecule has 0 radical (unpaired) electrons. The van der Waals surface area contributed by atoms with Crippen LogP contribution in [0.5, 0.6) is 0 Å². The molecule has 0 aliphatic carbocycles. The predicted molar refractivity (Wildman–Crippen MR) is 70.1 cm³/mol. The maximum absolute atomic E-state index is 11.7. The Morgan fingerprint density at radius 1 is 1.32 bits per heavy atom. The molecule has 19 heavy (non-hydrogen) atoms. The Hall–Kier alpha value is -1.14. The fourth-order valence-electron chi connectivity index (χ4n) is 1.43. The van der Waals surface area contributed by atoms with Crippen molar-refractivity contribution in [3.63, 3.8) is 0 Å². The molecule has 0 aliphatic heterocycles. The molecule has 0 aromatic rings. The van der Waals surface area contributed by atoms with Crippen molar-refractivity contribution in [3.8, 4) is 0 Å². The second-order valence-corrected chi connectivity index (χ2v) is 5.76. The third-order valence-corrected chi connectivity index (χ3v) is 2.57. The van der Waals surface area contributed by atoms with Crippen LogP contribution in [0.4, 0.5) is 0 Å². The first-order chi connectivity index (χ1) is 8.72. The highest BCUT2D eigenvalue weighted by molar-refractivity contribution is 5.78. The number of hydrogen-bond acceptors (Lipinski definition) is 4. The minimum atomic E-state index is -1.14. The summed E-state index contributed by atoms with van der Waals surface area (Å²) >= 11 is 0. The van der Waals surface area contributed by atoms with Crippen molar-refractivity contribution in [2.75, 3.05) is 47.4 Å². The predicted octanol–water partition coefficient (Wildman–Crippen LogP) is -1.01. The number of carboxylic acids is 1. The number of carbonyl (C=O) groups excluding carboxylic acids is 2. The van der Waals surface area contributed by atoms with Crippen LogP contribution in [0.3, 0.4) is 0 Å². The fraction of sp³-hybridized carbons (Fsp3) is 0.846. The van der Waals surface area contributed by atoms with Gasteiger partial charge in [-0.15, -0.1) is 0 Å². The first kappa shape index (κ1) is 17.9. The van der Waals surface area contributed by atoms with Crippen LogP contribution >= 0.6 is 0 Å². The molecule has 1 amide bonds. The molecular weight excluding hydrogens is 248 g/mol. The molecule has 1 atom stereocenters. The van der Waals surface area contributed by atoms with Crippen LogP contribution in [0.15, 0.2) is 0 Å². The molecule has 0 heterocycles. The van der Waals surface area contributed by atoms with Crippen molar-refractivity contribution in [1.29, 1.82) is 0 Å². The Morgan fingerprint density at radius 3 is 2.47 bits per heavy atom. The van der Waals surface area contributed by atoms with Crippen LogP contribution < -0.4 is 10.4 Å². The van der Waals surface area contributed by atoms with Gasteiger partial charge in [0.15, 0.2) is 0 Å². The molecule has 0 fully saturated rings. The van der Waals surface area contributed by atoms with Crippen molar-refractivity contribution in [2.45, 2.75) is 19.8 Å². The number of nitrogens with zero attached hydrogens (tertiary/aromatic N) is 1. The summed E-state index contributed by atoms with van der Waals surface area (Å²) in [6.07, 6.45) is 0.783. The van der Waals surface area contributed by atoms with Crippen LogP contribution in [0, 0.1) is 5.92 Å². The standard InChI is InChI=1S/C13H26N2O4/c1-11(10-19-9-6-12(16)17)13(18)14-7-5-8-15(2,3)4/h11H,5-10H2,1-4H3,(H-,14,16,17,18). The van der Waals surface area contributed by atoms with Crippen LogP contribution in [-0.2, 0) is 14.3 Å². The largest absolute Gasteiger partial charge is 0.550 e. The van der Waals surface area contributed by atoms with Gasteiger partial charge in [0.25, 0.3) is 0 Å². The zero-order valence-electron chi connectivity index (χ0n) is 12.4. The van der Waals surface area contributed by atoms with Crippen molar-refractivity contribution in [2.24, 2.45) is 5.92 Å². The number of hydrogen-bond donors (Lipinski definition) is 1. The number of quaternary nitrogens is 1. The Kier molecular flexibility index (Phi) is 8.34. The molecule has 0 rings (SSSR count). The first-order valence-corrected chi connectivity index (χ1v) is 6.58. The highest BCUT2D eigenvalue weighted by Crippen LogP contribution is 1.98. The third-order valence-electron chi connectivity index (χ3n) is 2.57. The molecule has 6 heteroatoms. The third kappa shape index (κ3) is 11.7. The Morgan fingerprint density at radius 2 is 1.95 bits per heavy atom. The van der Waals surface area contributed by atoms with E-state index in [1.54, 1.807) is 6.92 Å². The van der Waals surface area contributed by atoms with E-state index in [0.29, 0.717) is 6.54 Å². The van der Waals surface area contributed by atoms with Gasteiger partial charge in [-0.1, -0.05) is 6.92 Å². The summed E-state index contributed by atoms with van der Waals surface area (Å²) in [6, 6.07) is 0. The van der Waals surface area contributed by atoms with Crippen LogP contribution in [0.2, 0.25) is 0 Å². The van der Waals surface area contributed by atoms with Crippen molar-refractivity contribution >= 4 is 11.9 Å². The number of ether oxygens (including phenoxy) is 1. The lowest BCUT2D eigenvalue weighted by Gasteiger charge is -2.23. The summed E-state index contributed by atoms with van der Waals surface area (Å²) in [5.74, 6) is -1.47. The van der Waals surface area contributed by atoms with Gasteiger partial charge in [-0.05, 0) is 0 Å². The number of rotatable bonds is 10. The minimum Gasteiger partial charge on any atom is -0.550 e. The quantitative estimate of drug-likeness (QED) is 0.409. The number of aliphatic carboxylic acids is 1. The summed E-state index contributed by atoms with van der Waals surface area (Å²) in [4.78, 5) is 21.8. The molecule has 112 valence electrons. The maximum atomic E-state index is 11.7. The van der Waals surface area contributed by atoms with E-state index in [1.165, 1.54) is 0 Å². The molecule has 0 spiro atoms. The van der Waals surface area contributed by atoms with Gasteiger partial charge in [0.1, 0.15) is 0 Å². The molecule has 0 aliphatic rings. The highest BCUT2D eigenvalue weighted by Gasteiger charge is 2.13. The molecule has 1 unspecified atom stereocenters. The lowest BCUT2D eigenvalue weighted by molar-refractivity contribution is -0.870. The van der Waals surface area contributed by atoms with Gasteiger partial charge >= 0.3 is 0 Å². The average molecular weight is 274 g/mol. The first-order valence-electron chi connectivity index (χ1n) is 6.58. The van der Waals surface area contributed by atoms with Crippen molar-refractivity contribution in [1.82, 2.24) is 5.32 Å². The van der Waals surface area contributed by atoms with Gasteiger partial charge in [-0.3, -0.25) is 4.79 Å². The molecule has 1 N–H and O–H groups in total. The van der Waals surface area contributed by atoms with Crippen LogP contribution in [0.1, 0.15) is 19.8 Å². The summed E-state index contributed by atoms with van der Waals surface area (Å²) in [6.45, 7) is 3.72. The molecule has 6 nitrogen and oxygen atoms in total. The molecule has 0 saturated heterocycles. The molecule has 0 saturated carbocycles. The number of amides is 1. The fourth-order valence-corrected chi connectivity index (χ4v) is 1.43. The van der Waals surface area contributed by atoms with E-state index in [4.69, 9.17) is 4.74 Å². The molecule has 0 bridgehead atoms. The second kappa shape index (κ2) is 8.87. The Bertz CT molecular complexity index is 287.